The Morgan fingerprint density at radius 1 is 1.06 bits per heavy atom. The average molecular weight is 261 g/mol. The molecule has 1 fully saturated rings. The molecular formula is C12H25N2O4+. The van der Waals surface area contributed by atoms with Crippen molar-refractivity contribution in [1.82, 2.24) is 4.90 Å². The Balaban J connectivity index is 2.43. The number of hydrogen-bond donors (Lipinski definition) is 1. The third-order valence-corrected chi connectivity index (χ3v) is 2.91. The number of nitrogens with zero attached hydrogens (tertiary/aromatic N) is 1. The number of carbonyl (C=O) groups excluding carboxylic acids is 1. The topological polar surface area (TPSA) is 75.6 Å². The van der Waals surface area contributed by atoms with Crippen LogP contribution in [0.25, 0.3) is 0 Å². The van der Waals surface area contributed by atoms with Gasteiger partial charge < -0.3 is 24.8 Å². The van der Waals surface area contributed by atoms with Gasteiger partial charge in [0.1, 0.15) is 0 Å². The third-order valence-electron chi connectivity index (χ3n) is 2.91. The van der Waals surface area contributed by atoms with Gasteiger partial charge >= 0.3 is 0 Å². The van der Waals surface area contributed by atoms with Gasteiger partial charge in [-0.1, -0.05) is 6.92 Å². The molecule has 1 rings (SSSR count). The van der Waals surface area contributed by atoms with Crippen LogP contribution in [0.3, 0.4) is 0 Å². The van der Waals surface area contributed by atoms with Gasteiger partial charge in [-0.15, -0.1) is 0 Å². The first kappa shape index (κ1) is 15.4. The maximum atomic E-state index is 12.1. The van der Waals surface area contributed by atoms with Crippen LogP contribution in [0.4, 0.5) is 0 Å². The zero-order chi connectivity index (χ0) is 13.2. The van der Waals surface area contributed by atoms with E-state index in [0.29, 0.717) is 52.7 Å². The molecule has 18 heavy (non-hydrogen) atoms. The average Bonchev–Trinajstić information content (AvgIpc) is 2.37. The Morgan fingerprint density at radius 2 is 1.50 bits per heavy atom. The summed E-state index contributed by atoms with van der Waals surface area (Å²) in [5.74, 6) is 0.0815. The number of carbonyl (C=O) groups is 1. The molecule has 1 atom stereocenters. The van der Waals surface area contributed by atoms with Gasteiger partial charge in [0, 0.05) is 19.5 Å². The van der Waals surface area contributed by atoms with Gasteiger partial charge in [-0.05, 0) is 0 Å². The molecule has 0 saturated carbocycles. The second kappa shape index (κ2) is 9.27. The summed E-state index contributed by atoms with van der Waals surface area (Å²) in [6.07, 6.45) is 0.755. The second-order valence-electron chi connectivity index (χ2n) is 4.27. The molecule has 6 heteroatoms. The molecule has 0 aromatic carbocycles. The van der Waals surface area contributed by atoms with Crippen LogP contribution in [-0.2, 0) is 19.0 Å². The molecule has 1 saturated heterocycles. The zero-order valence-electron chi connectivity index (χ0n) is 11.2. The molecular weight excluding hydrogens is 236 g/mol. The first-order chi connectivity index (χ1) is 8.75. The Labute approximate surface area is 108 Å². The third kappa shape index (κ3) is 5.77. The van der Waals surface area contributed by atoms with E-state index in [0.717, 1.165) is 6.42 Å². The Hall–Kier alpha value is -0.690. The summed E-state index contributed by atoms with van der Waals surface area (Å²) in [7, 11) is 0. The Morgan fingerprint density at radius 3 is 1.94 bits per heavy atom. The lowest BCUT2D eigenvalue weighted by Crippen LogP contribution is -2.68. The van der Waals surface area contributed by atoms with Crippen LogP contribution in [0.5, 0.6) is 0 Å². The van der Waals surface area contributed by atoms with E-state index < -0.39 is 0 Å². The van der Waals surface area contributed by atoms with Gasteiger partial charge in [-0.3, -0.25) is 4.79 Å². The van der Waals surface area contributed by atoms with E-state index in [9.17, 15) is 4.79 Å². The largest absolute Gasteiger partial charge is 0.377 e. The lowest BCUT2D eigenvalue weighted by Gasteiger charge is -2.24. The van der Waals surface area contributed by atoms with Gasteiger partial charge in [-0.2, -0.15) is 0 Å². The van der Waals surface area contributed by atoms with Crippen molar-refractivity contribution in [3.05, 3.63) is 0 Å². The molecule has 1 amide bonds. The maximum Gasteiger partial charge on any atom is 0.280 e. The van der Waals surface area contributed by atoms with Crippen molar-refractivity contribution in [2.45, 2.75) is 19.4 Å². The summed E-state index contributed by atoms with van der Waals surface area (Å²) in [5.41, 5.74) is 3.87. The number of quaternary nitrogens is 1. The smallest absolute Gasteiger partial charge is 0.280 e. The van der Waals surface area contributed by atoms with Crippen molar-refractivity contribution in [1.29, 1.82) is 0 Å². The quantitative estimate of drug-likeness (QED) is 0.684. The number of hydrogen-bond acceptors (Lipinski definition) is 4. The van der Waals surface area contributed by atoms with Crippen molar-refractivity contribution in [3.8, 4) is 0 Å². The first-order valence-electron chi connectivity index (χ1n) is 6.60. The fourth-order valence-corrected chi connectivity index (χ4v) is 1.66. The van der Waals surface area contributed by atoms with E-state index in [2.05, 4.69) is 5.73 Å². The minimum absolute atomic E-state index is 0.0815. The van der Waals surface area contributed by atoms with Crippen LogP contribution < -0.4 is 5.73 Å². The lowest BCUT2D eigenvalue weighted by molar-refractivity contribution is -0.406. The highest BCUT2D eigenvalue weighted by Crippen LogP contribution is 1.97. The van der Waals surface area contributed by atoms with Crippen LogP contribution in [-0.4, -0.2) is 69.6 Å². The molecule has 0 radical (unpaired) electrons. The highest BCUT2D eigenvalue weighted by Gasteiger charge is 2.22. The fourth-order valence-electron chi connectivity index (χ4n) is 1.66. The molecule has 3 N–H and O–H groups in total. The second-order valence-corrected chi connectivity index (χ2v) is 4.27. The summed E-state index contributed by atoms with van der Waals surface area (Å²) >= 11 is 0. The summed E-state index contributed by atoms with van der Waals surface area (Å²) in [4.78, 5) is 13.9. The molecule has 106 valence electrons. The van der Waals surface area contributed by atoms with E-state index in [1.165, 1.54) is 0 Å². The summed E-state index contributed by atoms with van der Waals surface area (Å²) in [6, 6.07) is -0.179. The molecule has 0 aromatic heterocycles. The zero-order valence-corrected chi connectivity index (χ0v) is 11.2. The standard InChI is InChI=1S/C12H24N2O4/c1-2-11(13)12(15)14-3-5-16-7-9-18-10-8-17-6-4-14/h11H,2-10,13H2,1H3/p+1. The number of amides is 1. The molecule has 0 spiro atoms. The van der Waals surface area contributed by atoms with E-state index in [1.807, 2.05) is 6.92 Å². The van der Waals surface area contributed by atoms with Crippen molar-refractivity contribution in [2.75, 3.05) is 52.7 Å². The molecule has 1 unspecified atom stereocenters. The van der Waals surface area contributed by atoms with Gasteiger partial charge in [0.15, 0.2) is 6.04 Å². The van der Waals surface area contributed by atoms with Gasteiger partial charge in [-0.25, -0.2) is 0 Å². The van der Waals surface area contributed by atoms with Crippen LogP contribution in [0.1, 0.15) is 13.3 Å². The van der Waals surface area contributed by atoms with Gasteiger partial charge in [0.2, 0.25) is 0 Å². The monoisotopic (exact) mass is 261 g/mol. The molecule has 1 heterocycles. The summed E-state index contributed by atoms with van der Waals surface area (Å²) < 4.78 is 16.1. The SMILES string of the molecule is CCC([NH3+])C(=O)N1CCOCCOCCOCC1. The Kier molecular flexibility index (Phi) is 7.91. The van der Waals surface area contributed by atoms with Crippen molar-refractivity contribution in [3.63, 3.8) is 0 Å². The fraction of sp³-hybridized carbons (Fsp3) is 0.917. The van der Waals surface area contributed by atoms with E-state index in [-0.39, 0.29) is 11.9 Å². The maximum absolute atomic E-state index is 12.1. The first-order valence-corrected chi connectivity index (χ1v) is 6.60. The Bertz CT molecular complexity index is 226. The van der Waals surface area contributed by atoms with E-state index in [1.54, 1.807) is 4.90 Å². The van der Waals surface area contributed by atoms with Gasteiger partial charge in [0.05, 0.1) is 39.6 Å². The molecule has 0 aromatic rings. The molecule has 6 nitrogen and oxygen atoms in total. The normalized spacial score (nSPS) is 21.8. The van der Waals surface area contributed by atoms with Crippen molar-refractivity contribution in [2.24, 2.45) is 0 Å². The predicted octanol–water partition coefficient (Wildman–Crippen LogP) is -1.10. The molecule has 1 aliphatic heterocycles. The van der Waals surface area contributed by atoms with Crippen molar-refractivity contribution < 1.29 is 24.7 Å². The van der Waals surface area contributed by atoms with Crippen LogP contribution in [0, 0.1) is 0 Å². The predicted molar refractivity (Wildman–Crippen MR) is 66.0 cm³/mol. The van der Waals surface area contributed by atoms with Crippen LogP contribution in [0.2, 0.25) is 0 Å². The number of ether oxygens (including phenoxy) is 3. The van der Waals surface area contributed by atoms with E-state index >= 15 is 0 Å². The minimum atomic E-state index is -0.179. The van der Waals surface area contributed by atoms with Crippen molar-refractivity contribution >= 4 is 5.91 Å². The molecule has 0 aliphatic carbocycles. The lowest BCUT2D eigenvalue weighted by atomic mass is 10.2. The summed E-state index contributed by atoms with van der Waals surface area (Å²) in [6.45, 7) is 6.48. The number of rotatable bonds is 2. The van der Waals surface area contributed by atoms with Crippen LogP contribution >= 0.6 is 0 Å². The molecule has 1 aliphatic rings. The van der Waals surface area contributed by atoms with Gasteiger partial charge in [0.25, 0.3) is 5.91 Å². The highest BCUT2D eigenvalue weighted by molar-refractivity contribution is 5.80. The summed E-state index contributed by atoms with van der Waals surface area (Å²) in [5, 5.41) is 0. The minimum Gasteiger partial charge on any atom is -0.377 e. The van der Waals surface area contributed by atoms with Crippen LogP contribution in [0.15, 0.2) is 0 Å². The van der Waals surface area contributed by atoms with E-state index in [4.69, 9.17) is 14.2 Å². The molecule has 0 bridgehead atoms. The highest BCUT2D eigenvalue weighted by atomic mass is 16.5.